The molecule has 0 radical (unpaired) electrons. The summed E-state index contributed by atoms with van der Waals surface area (Å²) in [5.74, 6) is -0.659. The number of anilines is 1. The van der Waals surface area contributed by atoms with Crippen LogP contribution in [-0.4, -0.2) is 35.3 Å². The molecule has 138 valence electrons. The fraction of sp³-hybridized carbons (Fsp3) is 0.150. The molecule has 0 saturated heterocycles. The van der Waals surface area contributed by atoms with Crippen LogP contribution in [0.2, 0.25) is 5.15 Å². The minimum Gasteiger partial charge on any atom is -0.331 e. The predicted octanol–water partition coefficient (Wildman–Crippen LogP) is 4.67. The third-order valence-electron chi connectivity index (χ3n) is 4.10. The number of aryl methyl sites for hydroxylation is 1. The molecule has 0 aliphatic heterocycles. The number of pyridine rings is 1. The Morgan fingerprint density at radius 2 is 1.93 bits per heavy atom. The summed E-state index contributed by atoms with van der Waals surface area (Å²) < 4.78 is 0.935. The zero-order chi connectivity index (χ0) is 19.6. The van der Waals surface area contributed by atoms with Gasteiger partial charge in [-0.05, 0) is 42.1 Å². The van der Waals surface area contributed by atoms with Crippen molar-refractivity contribution in [2.75, 3.05) is 18.9 Å². The molecule has 1 heterocycles. The average molecular weight is 447 g/mol. The van der Waals surface area contributed by atoms with Gasteiger partial charge in [0.15, 0.2) is 0 Å². The van der Waals surface area contributed by atoms with Crippen LogP contribution < -0.4 is 5.32 Å². The smallest absolute Gasteiger partial charge is 0.272 e. The van der Waals surface area contributed by atoms with Gasteiger partial charge in [0, 0.05) is 22.6 Å². The second-order valence-electron chi connectivity index (χ2n) is 6.19. The quantitative estimate of drug-likeness (QED) is 0.592. The Hall–Kier alpha value is -2.44. The zero-order valence-electron chi connectivity index (χ0n) is 14.8. The number of amides is 2. The standard InChI is InChI=1S/C20H17BrClN3O2/c1-12-9-14(21)7-8-16(12)23-18(26)11-25(2)20(27)17-10-13-5-3-4-6-15(13)19(22)24-17/h3-10H,11H2,1-2H3,(H,23,26). The second-order valence-corrected chi connectivity index (χ2v) is 7.46. The number of carbonyl (C=O) groups excluding carboxylic acids is 2. The molecule has 2 amide bonds. The highest BCUT2D eigenvalue weighted by atomic mass is 79.9. The van der Waals surface area contributed by atoms with E-state index in [0.717, 1.165) is 20.8 Å². The van der Waals surface area contributed by atoms with Crippen molar-refractivity contribution in [2.45, 2.75) is 6.92 Å². The topological polar surface area (TPSA) is 62.3 Å². The van der Waals surface area contributed by atoms with E-state index in [-0.39, 0.29) is 29.2 Å². The van der Waals surface area contributed by atoms with E-state index in [1.165, 1.54) is 4.90 Å². The number of carbonyl (C=O) groups is 2. The third kappa shape index (κ3) is 4.46. The van der Waals surface area contributed by atoms with E-state index < -0.39 is 0 Å². The van der Waals surface area contributed by atoms with Crippen molar-refractivity contribution in [1.29, 1.82) is 0 Å². The number of nitrogens with one attached hydrogen (secondary N) is 1. The number of rotatable bonds is 4. The molecule has 1 aromatic heterocycles. The van der Waals surface area contributed by atoms with Crippen LogP contribution in [0.25, 0.3) is 10.8 Å². The number of hydrogen-bond acceptors (Lipinski definition) is 3. The van der Waals surface area contributed by atoms with Gasteiger partial charge in [0.2, 0.25) is 5.91 Å². The van der Waals surface area contributed by atoms with E-state index >= 15 is 0 Å². The summed E-state index contributed by atoms with van der Waals surface area (Å²) in [5, 5.41) is 4.68. The fourth-order valence-corrected chi connectivity index (χ4v) is 3.44. The van der Waals surface area contributed by atoms with Gasteiger partial charge in [0.05, 0.1) is 6.54 Å². The number of benzene rings is 2. The van der Waals surface area contributed by atoms with Crippen molar-refractivity contribution in [3.05, 3.63) is 69.4 Å². The van der Waals surface area contributed by atoms with Crippen molar-refractivity contribution in [3.63, 3.8) is 0 Å². The molecular weight excluding hydrogens is 430 g/mol. The minimum absolute atomic E-state index is 0.0968. The van der Waals surface area contributed by atoms with Gasteiger partial charge in [-0.15, -0.1) is 0 Å². The molecule has 1 N–H and O–H groups in total. The van der Waals surface area contributed by atoms with E-state index in [2.05, 4.69) is 26.2 Å². The number of fused-ring (bicyclic) bond motifs is 1. The van der Waals surface area contributed by atoms with Crippen molar-refractivity contribution < 1.29 is 9.59 Å². The summed E-state index contributed by atoms with van der Waals surface area (Å²) in [4.78, 5) is 30.5. The summed E-state index contributed by atoms with van der Waals surface area (Å²) in [6.07, 6.45) is 0. The van der Waals surface area contributed by atoms with E-state index in [1.54, 1.807) is 13.1 Å². The van der Waals surface area contributed by atoms with Crippen molar-refractivity contribution in [1.82, 2.24) is 9.88 Å². The first-order valence-electron chi connectivity index (χ1n) is 8.22. The maximum Gasteiger partial charge on any atom is 0.272 e. The number of nitrogens with zero attached hydrogens (tertiary/aromatic N) is 2. The lowest BCUT2D eigenvalue weighted by atomic mass is 10.1. The Kier molecular flexibility index (Phi) is 5.77. The minimum atomic E-state index is -0.370. The first-order valence-corrected chi connectivity index (χ1v) is 9.39. The first kappa shape index (κ1) is 19.3. The van der Waals surface area contributed by atoms with Gasteiger partial charge < -0.3 is 10.2 Å². The fourth-order valence-electron chi connectivity index (χ4n) is 2.71. The lowest BCUT2D eigenvalue weighted by molar-refractivity contribution is -0.116. The summed E-state index contributed by atoms with van der Waals surface area (Å²) in [6.45, 7) is 1.80. The molecule has 0 saturated carbocycles. The van der Waals surface area contributed by atoms with Crippen LogP contribution in [0.15, 0.2) is 53.0 Å². The first-order chi connectivity index (χ1) is 12.8. The third-order valence-corrected chi connectivity index (χ3v) is 4.88. The summed E-state index contributed by atoms with van der Waals surface area (Å²) in [5.41, 5.74) is 1.83. The Balaban J connectivity index is 1.72. The highest BCUT2D eigenvalue weighted by Gasteiger charge is 2.18. The van der Waals surface area contributed by atoms with Crippen LogP contribution in [0.5, 0.6) is 0 Å². The second kappa shape index (κ2) is 8.06. The van der Waals surface area contributed by atoms with Crippen LogP contribution in [0.3, 0.4) is 0 Å². The number of hydrogen-bond donors (Lipinski definition) is 1. The van der Waals surface area contributed by atoms with E-state index in [4.69, 9.17) is 11.6 Å². The van der Waals surface area contributed by atoms with Gasteiger partial charge >= 0.3 is 0 Å². The summed E-state index contributed by atoms with van der Waals surface area (Å²) in [7, 11) is 1.56. The van der Waals surface area contributed by atoms with E-state index in [1.807, 2.05) is 49.4 Å². The molecule has 3 rings (SSSR count). The van der Waals surface area contributed by atoms with Crippen LogP contribution in [0.4, 0.5) is 5.69 Å². The maximum atomic E-state index is 12.7. The molecule has 5 nitrogen and oxygen atoms in total. The zero-order valence-corrected chi connectivity index (χ0v) is 17.1. The molecule has 0 fully saturated rings. The van der Waals surface area contributed by atoms with Gasteiger partial charge in [-0.1, -0.05) is 51.8 Å². The predicted molar refractivity (Wildman–Crippen MR) is 111 cm³/mol. The van der Waals surface area contributed by atoms with Gasteiger partial charge in [0.1, 0.15) is 10.8 Å². The van der Waals surface area contributed by atoms with Gasteiger partial charge in [0.25, 0.3) is 5.91 Å². The van der Waals surface area contributed by atoms with E-state index in [0.29, 0.717) is 5.69 Å². The van der Waals surface area contributed by atoms with Crippen LogP contribution in [0, 0.1) is 6.92 Å². The summed E-state index contributed by atoms with van der Waals surface area (Å²) >= 11 is 9.58. The summed E-state index contributed by atoms with van der Waals surface area (Å²) in [6, 6.07) is 14.7. The molecule has 3 aromatic rings. The van der Waals surface area contributed by atoms with E-state index in [9.17, 15) is 9.59 Å². The van der Waals surface area contributed by atoms with Crippen LogP contribution in [0.1, 0.15) is 16.1 Å². The molecular formula is C20H17BrClN3O2. The molecule has 0 bridgehead atoms. The normalized spacial score (nSPS) is 10.7. The van der Waals surface area contributed by atoms with Crippen LogP contribution in [-0.2, 0) is 4.79 Å². The molecule has 0 atom stereocenters. The molecule has 0 aliphatic rings. The van der Waals surface area contributed by atoms with Gasteiger partial charge in [-0.3, -0.25) is 9.59 Å². The monoisotopic (exact) mass is 445 g/mol. The molecule has 0 unspecified atom stereocenters. The average Bonchev–Trinajstić information content (AvgIpc) is 2.63. The highest BCUT2D eigenvalue weighted by Crippen LogP contribution is 2.23. The largest absolute Gasteiger partial charge is 0.331 e. The lowest BCUT2D eigenvalue weighted by Crippen LogP contribution is -2.35. The molecule has 7 heteroatoms. The maximum absolute atomic E-state index is 12.7. The van der Waals surface area contributed by atoms with Crippen LogP contribution >= 0.6 is 27.5 Å². The Morgan fingerprint density at radius 1 is 1.19 bits per heavy atom. The number of likely N-dealkylation sites (N-methyl/N-ethyl adjacent to an activating group) is 1. The van der Waals surface area contributed by atoms with Crippen molar-refractivity contribution in [3.8, 4) is 0 Å². The van der Waals surface area contributed by atoms with Crippen molar-refractivity contribution in [2.24, 2.45) is 0 Å². The Bertz CT molecular complexity index is 1040. The highest BCUT2D eigenvalue weighted by molar-refractivity contribution is 9.10. The van der Waals surface area contributed by atoms with Gasteiger partial charge in [-0.25, -0.2) is 4.98 Å². The molecule has 2 aromatic carbocycles. The Morgan fingerprint density at radius 3 is 2.67 bits per heavy atom. The Labute approximate surface area is 170 Å². The molecule has 0 spiro atoms. The van der Waals surface area contributed by atoms with Crippen molar-refractivity contribution >= 4 is 55.8 Å². The number of aromatic nitrogens is 1. The lowest BCUT2D eigenvalue weighted by Gasteiger charge is -2.17. The number of halogens is 2. The molecule has 0 aliphatic carbocycles. The van der Waals surface area contributed by atoms with Gasteiger partial charge in [-0.2, -0.15) is 0 Å². The SMILES string of the molecule is Cc1cc(Br)ccc1NC(=O)CN(C)C(=O)c1cc2ccccc2c(Cl)n1. The molecule has 27 heavy (non-hydrogen) atoms.